The molecule has 3 unspecified atom stereocenters. The van der Waals surface area contributed by atoms with Crippen LogP contribution in [0.1, 0.15) is 39.7 Å². The Morgan fingerprint density at radius 1 is 0.968 bits per heavy atom. The third kappa shape index (κ3) is 5.10. The van der Waals surface area contributed by atoms with Crippen LogP contribution in [-0.4, -0.2) is 36.6 Å². The van der Waals surface area contributed by atoms with Crippen molar-refractivity contribution in [2.75, 3.05) is 23.9 Å². The summed E-state index contributed by atoms with van der Waals surface area (Å²) < 4.78 is 42.8. The lowest BCUT2D eigenvalue weighted by Crippen LogP contribution is -2.39. The third-order valence-corrected chi connectivity index (χ3v) is 8.66. The van der Waals surface area contributed by atoms with Gasteiger partial charge in [0.15, 0.2) is 0 Å². The molecule has 2 aromatic rings. The first-order chi connectivity index (χ1) is 14.9. The Morgan fingerprint density at radius 3 is 2.26 bits per heavy atom. The molecule has 5 nitrogen and oxygen atoms in total. The van der Waals surface area contributed by atoms with Gasteiger partial charge >= 0.3 is 0 Å². The molecule has 7 heteroatoms. The van der Waals surface area contributed by atoms with Crippen molar-refractivity contribution >= 4 is 32.8 Å². The number of anilines is 1. The lowest BCUT2D eigenvalue weighted by molar-refractivity contribution is 0.230. The smallest absolute Gasteiger partial charge is 0.262 e. The number of nitrogens with zero attached hydrogens (tertiary/aromatic N) is 2. The van der Waals surface area contributed by atoms with Crippen LogP contribution < -0.4 is 4.31 Å². The highest BCUT2D eigenvalue weighted by atomic mass is 32.2. The van der Waals surface area contributed by atoms with Gasteiger partial charge in [-0.2, -0.15) is 0 Å². The van der Waals surface area contributed by atoms with Gasteiger partial charge in [-0.15, -0.1) is 0 Å². The molecule has 1 saturated heterocycles. The monoisotopic (exact) mass is 460 g/mol. The Labute approximate surface area is 189 Å². The van der Waals surface area contributed by atoms with Gasteiger partial charge in [-0.05, 0) is 54.2 Å². The van der Waals surface area contributed by atoms with Gasteiger partial charge in [0.1, 0.15) is 11.0 Å². The Morgan fingerprint density at radius 2 is 1.61 bits per heavy atom. The fraction of sp³-hybridized carbons (Fsp3) is 0.417. The first kappa shape index (κ1) is 23.7. The van der Waals surface area contributed by atoms with Crippen LogP contribution in [0.4, 0.5) is 5.69 Å². The van der Waals surface area contributed by atoms with E-state index in [-0.39, 0.29) is 11.4 Å². The van der Waals surface area contributed by atoms with E-state index < -0.39 is 21.0 Å². The maximum atomic E-state index is 13.2. The topological polar surface area (TPSA) is 57.7 Å². The summed E-state index contributed by atoms with van der Waals surface area (Å²) in [7, 11) is -4.89. The minimum atomic E-state index is -3.65. The van der Waals surface area contributed by atoms with Crippen LogP contribution in [-0.2, 0) is 21.0 Å². The molecular weight excluding hydrogens is 428 g/mol. The number of piperidine rings is 1. The van der Waals surface area contributed by atoms with E-state index in [1.165, 1.54) is 4.31 Å². The molecule has 0 bridgehead atoms. The molecule has 168 valence electrons. The van der Waals surface area contributed by atoms with Gasteiger partial charge in [0, 0.05) is 13.1 Å². The average molecular weight is 461 g/mol. The zero-order valence-corrected chi connectivity index (χ0v) is 20.3. The number of hydrogen-bond donors (Lipinski definition) is 0. The lowest BCUT2D eigenvalue weighted by Gasteiger charge is -2.34. The van der Waals surface area contributed by atoms with E-state index in [4.69, 9.17) is 0 Å². The van der Waals surface area contributed by atoms with Crippen LogP contribution in [0.3, 0.4) is 0 Å². The van der Waals surface area contributed by atoms with Gasteiger partial charge in [0.25, 0.3) is 10.0 Å². The Hall–Kier alpha value is -1.96. The van der Waals surface area contributed by atoms with Crippen molar-refractivity contribution in [3.05, 3.63) is 60.2 Å². The minimum Gasteiger partial charge on any atom is -0.262 e. The summed E-state index contributed by atoms with van der Waals surface area (Å²) in [5, 5.41) is 0. The Bertz CT molecular complexity index is 1040. The van der Waals surface area contributed by atoms with E-state index in [0.717, 1.165) is 25.1 Å². The summed E-state index contributed by atoms with van der Waals surface area (Å²) in [4.78, 5) is 0.985. The van der Waals surface area contributed by atoms with Gasteiger partial charge in [0.2, 0.25) is 0 Å². The van der Waals surface area contributed by atoms with E-state index in [1.807, 2.05) is 36.4 Å². The molecule has 0 aliphatic carbocycles. The van der Waals surface area contributed by atoms with Crippen LogP contribution in [0.15, 0.2) is 64.4 Å². The van der Waals surface area contributed by atoms with Crippen LogP contribution in [0.2, 0.25) is 0 Å². The molecule has 31 heavy (non-hydrogen) atoms. The number of hydrogen-bond acceptors (Lipinski definition) is 3. The highest BCUT2D eigenvalue weighted by molar-refractivity contribution is 7.92. The largest absolute Gasteiger partial charge is 0.264 e. The normalized spacial score (nSPS) is 22.3. The number of sulfonamides is 1. The van der Waals surface area contributed by atoms with Crippen molar-refractivity contribution in [2.45, 2.75) is 43.9 Å². The summed E-state index contributed by atoms with van der Waals surface area (Å²) in [5.41, 5.74) is 1.40. The van der Waals surface area contributed by atoms with Crippen molar-refractivity contribution in [1.29, 1.82) is 0 Å². The van der Waals surface area contributed by atoms with Gasteiger partial charge in [-0.3, -0.25) is 4.31 Å². The molecule has 0 radical (unpaired) electrons. The SMILES string of the molecule is CC.CC1CC(C)CN(S(=O)c2ccc3c(c2)C=CCN3S(=O)(=O)c2ccccc2)C1. The van der Waals surface area contributed by atoms with Gasteiger partial charge in [0.05, 0.1) is 22.0 Å². The molecule has 0 amide bonds. The Balaban J connectivity index is 0.00000132. The molecular formula is C24H32N2O3S2. The zero-order valence-electron chi connectivity index (χ0n) is 18.7. The van der Waals surface area contributed by atoms with E-state index >= 15 is 0 Å². The van der Waals surface area contributed by atoms with Crippen LogP contribution in [0, 0.1) is 11.8 Å². The number of rotatable bonds is 4. The zero-order chi connectivity index (χ0) is 22.6. The lowest BCUT2D eigenvalue weighted by atomic mass is 9.94. The second kappa shape index (κ2) is 10.1. The molecule has 2 heterocycles. The Kier molecular flexibility index (Phi) is 7.73. The highest BCUT2D eigenvalue weighted by Crippen LogP contribution is 2.33. The summed E-state index contributed by atoms with van der Waals surface area (Å²) in [6.07, 6.45) is 4.90. The molecule has 3 atom stereocenters. The van der Waals surface area contributed by atoms with Crippen LogP contribution in [0.25, 0.3) is 6.08 Å². The quantitative estimate of drug-likeness (QED) is 0.650. The molecule has 2 aliphatic heterocycles. The summed E-state index contributed by atoms with van der Waals surface area (Å²) in [5.74, 6) is 1.04. The summed E-state index contributed by atoms with van der Waals surface area (Å²) >= 11 is 0. The van der Waals surface area contributed by atoms with Crippen LogP contribution in [0.5, 0.6) is 0 Å². The van der Waals surface area contributed by atoms with Gasteiger partial charge < -0.3 is 0 Å². The first-order valence-corrected chi connectivity index (χ1v) is 13.5. The first-order valence-electron chi connectivity index (χ1n) is 10.9. The molecule has 0 spiro atoms. The van der Waals surface area contributed by atoms with E-state index in [9.17, 15) is 12.6 Å². The second-order valence-electron chi connectivity index (χ2n) is 8.01. The predicted octanol–water partition coefficient (Wildman–Crippen LogP) is 4.94. The number of benzene rings is 2. The predicted molar refractivity (Wildman–Crippen MR) is 129 cm³/mol. The minimum absolute atomic E-state index is 0.269. The van der Waals surface area contributed by atoms with E-state index in [1.54, 1.807) is 42.5 Å². The second-order valence-corrected chi connectivity index (χ2v) is 11.4. The maximum absolute atomic E-state index is 13.2. The third-order valence-electron chi connectivity index (χ3n) is 5.44. The average Bonchev–Trinajstić information content (AvgIpc) is 2.79. The molecule has 0 saturated carbocycles. The van der Waals surface area contributed by atoms with Crippen molar-refractivity contribution in [2.24, 2.45) is 11.8 Å². The van der Waals surface area contributed by atoms with E-state index in [2.05, 4.69) is 13.8 Å². The van der Waals surface area contributed by atoms with E-state index in [0.29, 0.717) is 22.4 Å². The standard InChI is InChI=1S/C22H26N2O3S2.C2H6/c1-17-13-18(2)16-23(15-17)28(25)20-10-11-22-19(14-20)7-6-12-24(22)29(26,27)21-8-4-3-5-9-21;1-2/h3-11,14,17-18H,12-13,15-16H2,1-2H3;1-2H3. The maximum Gasteiger partial charge on any atom is 0.264 e. The van der Waals surface area contributed by atoms with Crippen molar-refractivity contribution in [1.82, 2.24) is 4.31 Å². The van der Waals surface area contributed by atoms with Crippen LogP contribution >= 0.6 is 0 Å². The highest BCUT2D eigenvalue weighted by Gasteiger charge is 2.29. The molecule has 0 N–H and O–H groups in total. The van der Waals surface area contributed by atoms with Gasteiger partial charge in [-0.25, -0.2) is 16.9 Å². The van der Waals surface area contributed by atoms with Crippen molar-refractivity contribution in [3.63, 3.8) is 0 Å². The fourth-order valence-corrected chi connectivity index (χ4v) is 7.17. The summed E-state index contributed by atoms with van der Waals surface area (Å²) in [6.45, 7) is 10.3. The molecule has 2 aromatic carbocycles. The molecule has 2 aliphatic rings. The van der Waals surface area contributed by atoms with Crippen molar-refractivity contribution in [3.8, 4) is 0 Å². The van der Waals surface area contributed by atoms with Gasteiger partial charge in [-0.1, -0.05) is 58.0 Å². The van der Waals surface area contributed by atoms with Crippen molar-refractivity contribution < 1.29 is 12.6 Å². The molecule has 1 fully saturated rings. The number of fused-ring (bicyclic) bond motifs is 1. The molecule has 4 rings (SSSR count). The summed E-state index contributed by atoms with van der Waals surface area (Å²) in [6, 6.07) is 13.9. The molecule has 0 aromatic heterocycles. The fourth-order valence-electron chi connectivity index (χ4n) is 4.21.